The van der Waals surface area contributed by atoms with Gasteiger partial charge in [0, 0.05) is 6.61 Å². The molecule has 5 heteroatoms. The Hall–Kier alpha value is -1.10. The van der Waals surface area contributed by atoms with Crippen LogP contribution in [-0.2, 0) is 14.3 Å². The summed E-state index contributed by atoms with van der Waals surface area (Å²) in [6.07, 6.45) is 2.09. The van der Waals surface area contributed by atoms with E-state index in [-0.39, 0.29) is 36.4 Å². The number of nitrogens with one attached hydrogen (secondary N) is 1. The number of rotatable bonds is 3. The molecule has 0 saturated carbocycles. The Labute approximate surface area is 108 Å². The first-order chi connectivity index (χ1) is 8.50. The van der Waals surface area contributed by atoms with Crippen LogP contribution in [0, 0.1) is 5.92 Å². The van der Waals surface area contributed by atoms with Gasteiger partial charge in [-0.15, -0.1) is 0 Å². The summed E-state index contributed by atoms with van der Waals surface area (Å²) in [6.45, 7) is 6.79. The lowest BCUT2D eigenvalue weighted by atomic mass is 9.98. The summed E-state index contributed by atoms with van der Waals surface area (Å²) in [6, 6.07) is -0.414. The van der Waals surface area contributed by atoms with Gasteiger partial charge in [0.25, 0.3) is 0 Å². The quantitative estimate of drug-likeness (QED) is 0.799. The molecule has 5 nitrogen and oxygen atoms in total. The number of nitrogens with zero attached hydrogens (tertiary/aromatic N) is 1. The van der Waals surface area contributed by atoms with Gasteiger partial charge in [0.15, 0.2) is 0 Å². The SMILES string of the molecule is CC(C)C1NC(=O)CN(C(C)C2CCCO2)C1=O. The molecule has 0 aliphatic carbocycles. The van der Waals surface area contributed by atoms with Crippen molar-refractivity contribution >= 4 is 11.8 Å². The lowest BCUT2D eigenvalue weighted by Gasteiger charge is -2.39. The number of hydrogen-bond donors (Lipinski definition) is 1. The molecule has 2 saturated heterocycles. The highest BCUT2D eigenvalue weighted by Crippen LogP contribution is 2.22. The third-order valence-electron chi connectivity index (χ3n) is 3.84. The smallest absolute Gasteiger partial charge is 0.246 e. The Morgan fingerprint density at radius 2 is 2.06 bits per heavy atom. The van der Waals surface area contributed by atoms with Crippen molar-refractivity contribution in [3.05, 3.63) is 0 Å². The Bertz CT molecular complexity index is 337. The number of carbonyl (C=O) groups is 2. The molecule has 3 atom stereocenters. The summed E-state index contributed by atoms with van der Waals surface area (Å²) in [7, 11) is 0. The largest absolute Gasteiger partial charge is 0.376 e. The first-order valence-electron chi connectivity index (χ1n) is 6.72. The van der Waals surface area contributed by atoms with Gasteiger partial charge in [-0.2, -0.15) is 0 Å². The summed E-state index contributed by atoms with van der Waals surface area (Å²) in [5, 5.41) is 2.77. The van der Waals surface area contributed by atoms with Crippen molar-refractivity contribution in [1.82, 2.24) is 10.2 Å². The monoisotopic (exact) mass is 254 g/mol. The number of hydrogen-bond acceptors (Lipinski definition) is 3. The van der Waals surface area contributed by atoms with E-state index in [1.165, 1.54) is 0 Å². The lowest BCUT2D eigenvalue weighted by molar-refractivity contribution is -0.150. The molecule has 2 fully saturated rings. The van der Waals surface area contributed by atoms with Gasteiger partial charge in [0.2, 0.25) is 11.8 Å². The molecule has 0 spiro atoms. The van der Waals surface area contributed by atoms with E-state index >= 15 is 0 Å². The molecule has 0 radical (unpaired) electrons. The second-order valence-corrected chi connectivity index (χ2v) is 5.55. The fourth-order valence-electron chi connectivity index (χ4n) is 2.67. The maximum absolute atomic E-state index is 12.4. The van der Waals surface area contributed by atoms with Crippen LogP contribution >= 0.6 is 0 Å². The van der Waals surface area contributed by atoms with Crippen molar-refractivity contribution in [2.24, 2.45) is 5.92 Å². The summed E-state index contributed by atoms with van der Waals surface area (Å²) >= 11 is 0. The predicted octanol–water partition coefficient (Wildman–Crippen LogP) is 0.537. The maximum Gasteiger partial charge on any atom is 0.246 e. The van der Waals surface area contributed by atoms with Crippen LogP contribution in [0.15, 0.2) is 0 Å². The van der Waals surface area contributed by atoms with Crippen molar-refractivity contribution in [2.45, 2.75) is 51.8 Å². The highest BCUT2D eigenvalue weighted by Gasteiger charge is 2.39. The number of ether oxygens (including phenoxy) is 1. The van der Waals surface area contributed by atoms with Crippen molar-refractivity contribution in [3.63, 3.8) is 0 Å². The molecule has 2 aliphatic rings. The third-order valence-corrected chi connectivity index (χ3v) is 3.84. The summed E-state index contributed by atoms with van der Waals surface area (Å²) in [5.41, 5.74) is 0. The van der Waals surface area contributed by atoms with Crippen molar-refractivity contribution in [3.8, 4) is 0 Å². The average Bonchev–Trinajstić information content (AvgIpc) is 2.84. The van der Waals surface area contributed by atoms with Crippen LogP contribution in [0.2, 0.25) is 0 Å². The van der Waals surface area contributed by atoms with Crippen LogP contribution in [0.3, 0.4) is 0 Å². The minimum absolute atomic E-state index is 0.0209. The maximum atomic E-state index is 12.4. The van der Waals surface area contributed by atoms with Gasteiger partial charge in [-0.05, 0) is 25.7 Å². The summed E-state index contributed by atoms with van der Waals surface area (Å²) in [5.74, 6) is 0.0618. The fraction of sp³-hybridized carbons (Fsp3) is 0.846. The predicted molar refractivity (Wildman–Crippen MR) is 66.9 cm³/mol. The normalized spacial score (nSPS) is 30.8. The number of piperazine rings is 1. The van der Waals surface area contributed by atoms with Crippen LogP contribution < -0.4 is 5.32 Å². The van der Waals surface area contributed by atoms with E-state index in [4.69, 9.17) is 4.74 Å². The van der Waals surface area contributed by atoms with Gasteiger partial charge in [-0.1, -0.05) is 13.8 Å². The third kappa shape index (κ3) is 2.51. The molecular formula is C13H22N2O3. The topological polar surface area (TPSA) is 58.6 Å². The average molecular weight is 254 g/mol. The molecular weight excluding hydrogens is 232 g/mol. The molecule has 18 heavy (non-hydrogen) atoms. The number of amides is 2. The van der Waals surface area contributed by atoms with Crippen molar-refractivity contribution in [1.29, 1.82) is 0 Å². The first-order valence-corrected chi connectivity index (χ1v) is 6.72. The Balaban J connectivity index is 2.10. The van der Waals surface area contributed by atoms with Crippen molar-refractivity contribution < 1.29 is 14.3 Å². The Morgan fingerprint density at radius 3 is 2.61 bits per heavy atom. The molecule has 2 aliphatic heterocycles. The molecule has 2 amide bonds. The van der Waals surface area contributed by atoms with Crippen LogP contribution in [0.4, 0.5) is 0 Å². The van der Waals surface area contributed by atoms with Crippen LogP contribution in [0.1, 0.15) is 33.6 Å². The van der Waals surface area contributed by atoms with Gasteiger partial charge in [0.1, 0.15) is 6.04 Å². The zero-order valence-corrected chi connectivity index (χ0v) is 11.3. The molecule has 2 heterocycles. The second-order valence-electron chi connectivity index (χ2n) is 5.55. The van der Waals surface area contributed by atoms with Crippen LogP contribution in [0.5, 0.6) is 0 Å². The van der Waals surface area contributed by atoms with Gasteiger partial charge in [-0.25, -0.2) is 0 Å². The highest BCUT2D eigenvalue weighted by molar-refractivity contribution is 5.95. The first kappa shape index (κ1) is 13.3. The van der Waals surface area contributed by atoms with E-state index in [9.17, 15) is 9.59 Å². The van der Waals surface area contributed by atoms with E-state index < -0.39 is 6.04 Å². The van der Waals surface area contributed by atoms with Gasteiger partial charge >= 0.3 is 0 Å². The molecule has 1 N–H and O–H groups in total. The molecule has 0 bridgehead atoms. The summed E-state index contributed by atoms with van der Waals surface area (Å²) in [4.78, 5) is 25.8. The second kappa shape index (κ2) is 5.26. The van der Waals surface area contributed by atoms with Gasteiger partial charge in [-0.3, -0.25) is 9.59 Å². The Morgan fingerprint density at radius 1 is 1.33 bits per heavy atom. The molecule has 0 aromatic heterocycles. The highest BCUT2D eigenvalue weighted by atomic mass is 16.5. The van der Waals surface area contributed by atoms with Gasteiger partial charge in [0.05, 0.1) is 18.7 Å². The summed E-state index contributed by atoms with van der Waals surface area (Å²) < 4.78 is 5.62. The number of carbonyl (C=O) groups excluding carboxylic acids is 2. The molecule has 0 aromatic rings. The standard InChI is InChI=1S/C13H22N2O3/c1-8(2)12-13(17)15(7-11(16)14-12)9(3)10-5-4-6-18-10/h8-10,12H,4-7H2,1-3H3,(H,14,16). The van der Waals surface area contributed by atoms with Gasteiger partial charge < -0.3 is 15.0 Å². The zero-order valence-electron chi connectivity index (χ0n) is 11.3. The van der Waals surface area contributed by atoms with E-state index in [1.807, 2.05) is 20.8 Å². The van der Waals surface area contributed by atoms with E-state index in [0.29, 0.717) is 0 Å². The fourth-order valence-corrected chi connectivity index (χ4v) is 2.67. The molecule has 2 rings (SSSR count). The van der Waals surface area contributed by atoms with Crippen LogP contribution in [0.25, 0.3) is 0 Å². The van der Waals surface area contributed by atoms with E-state index in [2.05, 4.69) is 5.32 Å². The van der Waals surface area contributed by atoms with Crippen LogP contribution in [-0.4, -0.2) is 48.1 Å². The zero-order chi connectivity index (χ0) is 13.3. The minimum Gasteiger partial charge on any atom is -0.376 e. The van der Waals surface area contributed by atoms with E-state index in [0.717, 1.165) is 19.4 Å². The lowest BCUT2D eigenvalue weighted by Crippen LogP contribution is -2.63. The molecule has 102 valence electrons. The van der Waals surface area contributed by atoms with Crippen molar-refractivity contribution in [2.75, 3.05) is 13.2 Å². The Kier molecular flexibility index (Phi) is 3.90. The van der Waals surface area contributed by atoms with E-state index in [1.54, 1.807) is 4.90 Å². The minimum atomic E-state index is -0.393. The molecule has 3 unspecified atom stereocenters. The molecule has 0 aromatic carbocycles.